The van der Waals surface area contributed by atoms with Gasteiger partial charge < -0.3 is 0 Å². The van der Waals surface area contributed by atoms with E-state index in [1.54, 1.807) is 17.4 Å². The van der Waals surface area contributed by atoms with Crippen LogP contribution < -0.4 is 0 Å². The standard InChI is InChI=1S/C6H4Cl2S/c7-6(8)4-5-2-1-3-9-5/h1-4H. The summed E-state index contributed by atoms with van der Waals surface area (Å²) in [6.45, 7) is 0. The predicted molar refractivity (Wildman–Crippen MR) is 44.0 cm³/mol. The van der Waals surface area contributed by atoms with Gasteiger partial charge in [0.25, 0.3) is 0 Å². The zero-order valence-corrected chi connectivity index (χ0v) is 6.80. The van der Waals surface area contributed by atoms with Crippen LogP contribution in [0.25, 0.3) is 6.08 Å². The summed E-state index contributed by atoms with van der Waals surface area (Å²) >= 11 is 12.4. The lowest BCUT2D eigenvalue weighted by Crippen LogP contribution is -1.54. The van der Waals surface area contributed by atoms with Crippen molar-refractivity contribution in [2.24, 2.45) is 0 Å². The predicted octanol–water partition coefficient (Wildman–Crippen LogP) is 3.52. The maximum Gasteiger partial charge on any atom is 0.108 e. The van der Waals surface area contributed by atoms with Gasteiger partial charge in [0.2, 0.25) is 0 Å². The molecule has 0 amide bonds. The first-order valence-corrected chi connectivity index (χ1v) is 3.99. The number of thiophene rings is 1. The molecule has 0 radical (unpaired) electrons. The second kappa shape index (κ2) is 3.25. The number of hydrogen-bond acceptors (Lipinski definition) is 1. The Balaban J connectivity index is 2.80. The van der Waals surface area contributed by atoms with Crippen LogP contribution >= 0.6 is 34.5 Å². The van der Waals surface area contributed by atoms with Crippen LogP contribution in [0, 0.1) is 0 Å². The number of halogens is 2. The normalized spacial score (nSPS) is 9.11. The van der Waals surface area contributed by atoms with E-state index in [0.717, 1.165) is 4.88 Å². The van der Waals surface area contributed by atoms with E-state index in [9.17, 15) is 0 Å². The van der Waals surface area contributed by atoms with E-state index >= 15 is 0 Å². The van der Waals surface area contributed by atoms with Crippen molar-refractivity contribution >= 4 is 40.6 Å². The fraction of sp³-hybridized carbons (Fsp3) is 0. The van der Waals surface area contributed by atoms with Gasteiger partial charge in [-0.05, 0) is 17.5 Å². The third kappa shape index (κ3) is 2.39. The summed E-state index contributed by atoms with van der Waals surface area (Å²) in [6.07, 6.45) is 1.72. The van der Waals surface area contributed by atoms with E-state index in [4.69, 9.17) is 23.2 Å². The Morgan fingerprint density at radius 3 is 2.78 bits per heavy atom. The minimum absolute atomic E-state index is 0.303. The van der Waals surface area contributed by atoms with Gasteiger partial charge in [-0.1, -0.05) is 29.3 Å². The molecule has 0 aliphatic rings. The highest BCUT2D eigenvalue weighted by molar-refractivity contribution is 7.10. The van der Waals surface area contributed by atoms with Crippen LogP contribution in [0.5, 0.6) is 0 Å². The summed E-state index contributed by atoms with van der Waals surface area (Å²) in [5.41, 5.74) is 0. The van der Waals surface area contributed by atoms with E-state index in [2.05, 4.69) is 0 Å². The van der Waals surface area contributed by atoms with Gasteiger partial charge in [0, 0.05) is 4.88 Å². The minimum Gasteiger partial charge on any atom is -0.144 e. The average Bonchev–Trinajstić information content (AvgIpc) is 2.15. The summed E-state index contributed by atoms with van der Waals surface area (Å²) in [6, 6.07) is 3.91. The molecule has 9 heavy (non-hydrogen) atoms. The third-order valence-electron chi connectivity index (χ3n) is 0.795. The maximum atomic E-state index is 5.40. The van der Waals surface area contributed by atoms with Crippen molar-refractivity contribution in [1.82, 2.24) is 0 Å². The highest BCUT2D eigenvalue weighted by Crippen LogP contribution is 2.17. The minimum atomic E-state index is 0.303. The zero-order chi connectivity index (χ0) is 6.69. The first kappa shape index (κ1) is 7.13. The van der Waals surface area contributed by atoms with Gasteiger partial charge in [0.15, 0.2) is 0 Å². The molecule has 3 heteroatoms. The first-order chi connectivity index (χ1) is 4.29. The molecule has 0 aliphatic heterocycles. The second-order valence-corrected chi connectivity index (χ2v) is 3.44. The second-order valence-electron chi connectivity index (χ2n) is 1.45. The van der Waals surface area contributed by atoms with Gasteiger partial charge >= 0.3 is 0 Å². The van der Waals surface area contributed by atoms with Crippen molar-refractivity contribution in [3.63, 3.8) is 0 Å². The van der Waals surface area contributed by atoms with E-state index < -0.39 is 0 Å². The molecule has 0 N–H and O–H groups in total. The highest BCUT2D eigenvalue weighted by atomic mass is 35.5. The third-order valence-corrected chi connectivity index (χ3v) is 1.83. The molecule has 0 spiro atoms. The van der Waals surface area contributed by atoms with Gasteiger partial charge in [-0.25, -0.2) is 0 Å². The molecule has 1 aromatic rings. The molecule has 1 heterocycles. The van der Waals surface area contributed by atoms with Crippen LogP contribution in [-0.4, -0.2) is 0 Å². The summed E-state index contributed by atoms with van der Waals surface area (Å²) in [7, 11) is 0. The van der Waals surface area contributed by atoms with Crippen LogP contribution in [-0.2, 0) is 0 Å². The number of rotatable bonds is 1. The Labute approximate surface area is 67.7 Å². The van der Waals surface area contributed by atoms with Gasteiger partial charge in [-0.2, -0.15) is 0 Å². The summed E-state index contributed by atoms with van der Waals surface area (Å²) in [5.74, 6) is 0. The average molecular weight is 179 g/mol. The van der Waals surface area contributed by atoms with Crippen molar-refractivity contribution < 1.29 is 0 Å². The molecule has 0 unspecified atom stereocenters. The molecule has 1 aromatic heterocycles. The van der Waals surface area contributed by atoms with Gasteiger partial charge in [-0.15, -0.1) is 11.3 Å². The van der Waals surface area contributed by atoms with Gasteiger partial charge in [-0.3, -0.25) is 0 Å². The van der Waals surface area contributed by atoms with Crippen LogP contribution in [0.15, 0.2) is 22.0 Å². The Morgan fingerprint density at radius 2 is 2.33 bits per heavy atom. The summed E-state index contributed by atoms with van der Waals surface area (Å²) < 4.78 is 0.303. The summed E-state index contributed by atoms with van der Waals surface area (Å²) in [5, 5.41) is 1.97. The Morgan fingerprint density at radius 1 is 1.56 bits per heavy atom. The lowest BCUT2D eigenvalue weighted by atomic mass is 10.5. The molecule has 0 atom stereocenters. The largest absolute Gasteiger partial charge is 0.144 e. The van der Waals surface area contributed by atoms with Crippen molar-refractivity contribution in [3.8, 4) is 0 Å². The zero-order valence-electron chi connectivity index (χ0n) is 4.47. The molecule has 0 aromatic carbocycles. The molecule has 0 saturated heterocycles. The maximum absolute atomic E-state index is 5.40. The van der Waals surface area contributed by atoms with Gasteiger partial charge in [0.05, 0.1) is 0 Å². The monoisotopic (exact) mass is 178 g/mol. The van der Waals surface area contributed by atoms with Gasteiger partial charge in [0.1, 0.15) is 4.49 Å². The quantitative estimate of drug-likeness (QED) is 0.618. The van der Waals surface area contributed by atoms with Crippen molar-refractivity contribution in [2.75, 3.05) is 0 Å². The molecular weight excluding hydrogens is 175 g/mol. The van der Waals surface area contributed by atoms with Crippen molar-refractivity contribution in [3.05, 3.63) is 26.9 Å². The van der Waals surface area contributed by atoms with Crippen LogP contribution in [0.4, 0.5) is 0 Å². The van der Waals surface area contributed by atoms with Crippen LogP contribution in [0.1, 0.15) is 4.88 Å². The van der Waals surface area contributed by atoms with E-state index in [-0.39, 0.29) is 0 Å². The summed E-state index contributed by atoms with van der Waals surface area (Å²) in [4.78, 5) is 1.08. The van der Waals surface area contributed by atoms with Crippen molar-refractivity contribution in [1.29, 1.82) is 0 Å². The molecule has 0 nitrogen and oxygen atoms in total. The Hall–Kier alpha value is 0.0200. The molecule has 0 bridgehead atoms. The molecule has 0 saturated carbocycles. The molecule has 0 aliphatic carbocycles. The molecule has 1 rings (SSSR count). The van der Waals surface area contributed by atoms with Crippen molar-refractivity contribution in [2.45, 2.75) is 0 Å². The number of hydrogen-bond donors (Lipinski definition) is 0. The lowest BCUT2D eigenvalue weighted by Gasteiger charge is -1.79. The molecule has 48 valence electrons. The Kier molecular flexibility index (Phi) is 2.58. The SMILES string of the molecule is ClC(Cl)=Cc1cccs1. The van der Waals surface area contributed by atoms with E-state index in [1.807, 2.05) is 17.5 Å². The molecule has 0 fully saturated rings. The fourth-order valence-corrected chi connectivity index (χ4v) is 1.50. The fourth-order valence-electron chi connectivity index (χ4n) is 0.481. The topological polar surface area (TPSA) is 0 Å². The smallest absolute Gasteiger partial charge is 0.108 e. The lowest BCUT2D eigenvalue weighted by molar-refractivity contribution is 1.96. The first-order valence-electron chi connectivity index (χ1n) is 2.35. The Bertz CT molecular complexity index is 197. The van der Waals surface area contributed by atoms with E-state index in [1.165, 1.54) is 0 Å². The molecular formula is C6H4Cl2S. The van der Waals surface area contributed by atoms with E-state index in [0.29, 0.717) is 4.49 Å². The van der Waals surface area contributed by atoms with Crippen LogP contribution in [0.3, 0.4) is 0 Å². The van der Waals surface area contributed by atoms with Crippen LogP contribution in [0.2, 0.25) is 0 Å². The highest BCUT2D eigenvalue weighted by Gasteiger charge is 1.87.